The van der Waals surface area contributed by atoms with Gasteiger partial charge in [-0.1, -0.05) is 79.5 Å². The Morgan fingerprint density at radius 3 is 2.69 bits per heavy atom. The minimum atomic E-state index is -0.362. The molecule has 0 spiro atoms. The molecule has 0 fully saturated rings. The summed E-state index contributed by atoms with van der Waals surface area (Å²) in [5, 5.41) is 7.09. The average Bonchev–Trinajstić information content (AvgIpc) is 3.22. The highest BCUT2D eigenvalue weighted by Gasteiger charge is 2.26. The zero-order chi connectivity index (χ0) is 20.6. The number of benzene rings is 2. The first kappa shape index (κ1) is 20.7. The number of aryl methyl sites for hydroxylation is 1. The third-order valence-corrected chi connectivity index (χ3v) is 4.86. The maximum atomic E-state index is 12.4. The maximum absolute atomic E-state index is 12.4. The molecule has 0 aliphatic rings. The molecule has 1 N–H and O–H groups in total. The van der Waals surface area contributed by atoms with E-state index in [1.165, 1.54) is 0 Å². The standard InChI is InChI=1S/C23H27N3O3/c1-4-17(3)21(24-20(27)15-28-14-18-10-6-5-7-11-18)23-25-22(26-29-23)19-12-8-9-16(2)13-19/h5-13,17,21H,4,14-15H2,1-3H3,(H,24,27)/t17-,21-/m1/s1. The normalized spacial score (nSPS) is 13.1. The number of hydrogen-bond donors (Lipinski definition) is 1. The van der Waals surface area contributed by atoms with Crippen LogP contribution in [0.3, 0.4) is 0 Å². The van der Waals surface area contributed by atoms with E-state index >= 15 is 0 Å². The highest BCUT2D eigenvalue weighted by molar-refractivity contribution is 5.77. The van der Waals surface area contributed by atoms with E-state index in [1.54, 1.807) is 0 Å². The van der Waals surface area contributed by atoms with Crippen molar-refractivity contribution in [1.82, 2.24) is 15.5 Å². The first-order valence-corrected chi connectivity index (χ1v) is 9.88. The molecule has 1 aromatic heterocycles. The van der Waals surface area contributed by atoms with Gasteiger partial charge in [-0.15, -0.1) is 0 Å². The number of carbonyl (C=O) groups excluding carboxylic acids is 1. The molecule has 3 rings (SSSR count). The minimum absolute atomic E-state index is 0.0271. The number of rotatable bonds is 9. The molecule has 2 atom stereocenters. The van der Waals surface area contributed by atoms with Crippen LogP contribution in [0.25, 0.3) is 11.4 Å². The molecular weight excluding hydrogens is 366 g/mol. The Hall–Kier alpha value is -2.99. The number of aromatic nitrogens is 2. The summed E-state index contributed by atoms with van der Waals surface area (Å²) in [5.41, 5.74) is 3.04. The molecule has 1 amide bonds. The van der Waals surface area contributed by atoms with Crippen LogP contribution in [0, 0.1) is 12.8 Å². The second-order valence-electron chi connectivity index (χ2n) is 7.23. The third kappa shape index (κ3) is 5.74. The summed E-state index contributed by atoms with van der Waals surface area (Å²) in [6.07, 6.45) is 0.859. The van der Waals surface area contributed by atoms with E-state index in [2.05, 4.69) is 22.4 Å². The fraction of sp³-hybridized carbons (Fsp3) is 0.348. The Bertz CT molecular complexity index is 924. The zero-order valence-corrected chi connectivity index (χ0v) is 17.1. The van der Waals surface area contributed by atoms with Crippen molar-refractivity contribution in [2.24, 2.45) is 5.92 Å². The fourth-order valence-corrected chi connectivity index (χ4v) is 3.00. The molecule has 29 heavy (non-hydrogen) atoms. The van der Waals surface area contributed by atoms with Crippen LogP contribution in [0.5, 0.6) is 0 Å². The molecule has 0 radical (unpaired) electrons. The van der Waals surface area contributed by atoms with Crippen molar-refractivity contribution in [1.29, 1.82) is 0 Å². The van der Waals surface area contributed by atoms with Gasteiger partial charge in [0, 0.05) is 5.56 Å². The Labute approximate surface area is 171 Å². The van der Waals surface area contributed by atoms with E-state index < -0.39 is 0 Å². The van der Waals surface area contributed by atoms with Crippen LogP contribution in [0.15, 0.2) is 59.1 Å². The van der Waals surface area contributed by atoms with Gasteiger partial charge in [-0.25, -0.2) is 0 Å². The highest BCUT2D eigenvalue weighted by Crippen LogP contribution is 2.26. The van der Waals surface area contributed by atoms with Crippen LogP contribution >= 0.6 is 0 Å². The Morgan fingerprint density at radius 2 is 1.97 bits per heavy atom. The third-order valence-electron chi connectivity index (χ3n) is 4.86. The molecule has 6 nitrogen and oxygen atoms in total. The first-order chi connectivity index (χ1) is 14.1. The van der Waals surface area contributed by atoms with Gasteiger partial charge in [-0.2, -0.15) is 4.98 Å². The van der Waals surface area contributed by atoms with E-state index in [9.17, 15) is 4.79 Å². The molecule has 152 valence electrons. The maximum Gasteiger partial charge on any atom is 0.249 e. The van der Waals surface area contributed by atoms with Crippen molar-refractivity contribution < 1.29 is 14.1 Å². The minimum Gasteiger partial charge on any atom is -0.367 e. The first-order valence-electron chi connectivity index (χ1n) is 9.88. The van der Waals surface area contributed by atoms with Gasteiger partial charge < -0.3 is 14.6 Å². The van der Waals surface area contributed by atoms with Crippen LogP contribution in [-0.4, -0.2) is 22.7 Å². The van der Waals surface area contributed by atoms with E-state index in [-0.39, 0.29) is 24.5 Å². The van der Waals surface area contributed by atoms with Gasteiger partial charge in [-0.05, 0) is 24.5 Å². The van der Waals surface area contributed by atoms with Gasteiger partial charge in [0.15, 0.2) is 0 Å². The second-order valence-corrected chi connectivity index (χ2v) is 7.23. The lowest BCUT2D eigenvalue weighted by Gasteiger charge is -2.20. The second kappa shape index (κ2) is 9.98. The molecule has 2 aromatic carbocycles. The van der Waals surface area contributed by atoms with Gasteiger partial charge >= 0.3 is 0 Å². The SMILES string of the molecule is CC[C@@H](C)[C@@H](NC(=O)COCc1ccccc1)c1nc(-c2cccc(C)c2)no1. The summed E-state index contributed by atoms with van der Waals surface area (Å²) in [6.45, 7) is 6.49. The number of carbonyl (C=O) groups is 1. The van der Waals surface area contributed by atoms with Crippen LogP contribution in [0.4, 0.5) is 0 Å². The predicted octanol–water partition coefficient (Wildman–Crippen LogP) is 4.47. The lowest BCUT2D eigenvalue weighted by atomic mass is 9.99. The summed E-state index contributed by atoms with van der Waals surface area (Å²) in [5.74, 6) is 0.860. The molecular formula is C23H27N3O3. The monoisotopic (exact) mass is 393 g/mol. The Balaban J connectivity index is 1.64. The molecule has 0 bridgehead atoms. The molecule has 3 aromatic rings. The Kier molecular flexibility index (Phi) is 7.14. The van der Waals surface area contributed by atoms with Gasteiger partial charge in [0.25, 0.3) is 0 Å². The van der Waals surface area contributed by atoms with Crippen LogP contribution in [0.2, 0.25) is 0 Å². The smallest absolute Gasteiger partial charge is 0.249 e. The Morgan fingerprint density at radius 1 is 1.17 bits per heavy atom. The highest BCUT2D eigenvalue weighted by atomic mass is 16.5. The van der Waals surface area contributed by atoms with Crippen LogP contribution < -0.4 is 5.32 Å². The molecule has 0 aliphatic heterocycles. The average molecular weight is 393 g/mol. The van der Waals surface area contributed by atoms with Gasteiger partial charge in [-0.3, -0.25) is 4.79 Å². The molecule has 0 saturated carbocycles. The van der Waals surface area contributed by atoms with Crippen molar-refractivity contribution in [2.75, 3.05) is 6.61 Å². The summed E-state index contributed by atoms with van der Waals surface area (Å²) < 4.78 is 11.0. The van der Waals surface area contributed by atoms with Crippen molar-refractivity contribution in [3.8, 4) is 11.4 Å². The molecule has 0 saturated heterocycles. The largest absolute Gasteiger partial charge is 0.367 e. The van der Waals surface area contributed by atoms with Gasteiger partial charge in [0.2, 0.25) is 17.6 Å². The molecule has 0 aliphatic carbocycles. The van der Waals surface area contributed by atoms with Crippen molar-refractivity contribution in [2.45, 2.75) is 39.8 Å². The lowest BCUT2D eigenvalue weighted by Crippen LogP contribution is -2.35. The van der Waals surface area contributed by atoms with E-state index in [4.69, 9.17) is 9.26 Å². The quantitative estimate of drug-likeness (QED) is 0.580. The fourth-order valence-electron chi connectivity index (χ4n) is 3.00. The molecule has 6 heteroatoms. The topological polar surface area (TPSA) is 77.2 Å². The van der Waals surface area contributed by atoms with Crippen LogP contribution in [-0.2, 0) is 16.1 Å². The van der Waals surface area contributed by atoms with Crippen molar-refractivity contribution in [3.05, 3.63) is 71.6 Å². The summed E-state index contributed by atoms with van der Waals surface area (Å²) in [6, 6.07) is 17.3. The summed E-state index contributed by atoms with van der Waals surface area (Å²) >= 11 is 0. The molecule has 1 heterocycles. The number of amides is 1. The van der Waals surface area contributed by atoms with Gasteiger partial charge in [0.05, 0.1) is 6.61 Å². The number of nitrogens with one attached hydrogen (secondary N) is 1. The number of ether oxygens (including phenoxy) is 1. The van der Waals surface area contributed by atoms with Crippen molar-refractivity contribution >= 4 is 5.91 Å². The van der Waals surface area contributed by atoms with Gasteiger partial charge in [0.1, 0.15) is 12.6 Å². The van der Waals surface area contributed by atoms with E-state index in [0.29, 0.717) is 18.3 Å². The van der Waals surface area contributed by atoms with Crippen LogP contribution in [0.1, 0.15) is 43.3 Å². The number of hydrogen-bond acceptors (Lipinski definition) is 5. The van der Waals surface area contributed by atoms with E-state index in [0.717, 1.165) is 23.1 Å². The molecule has 0 unspecified atom stereocenters. The lowest BCUT2D eigenvalue weighted by molar-refractivity contribution is -0.127. The summed E-state index contributed by atoms with van der Waals surface area (Å²) in [7, 11) is 0. The summed E-state index contributed by atoms with van der Waals surface area (Å²) in [4.78, 5) is 17.0. The zero-order valence-electron chi connectivity index (χ0n) is 17.1. The van der Waals surface area contributed by atoms with E-state index in [1.807, 2.05) is 68.4 Å². The predicted molar refractivity (Wildman–Crippen MR) is 111 cm³/mol. The van der Waals surface area contributed by atoms with Crippen molar-refractivity contribution in [3.63, 3.8) is 0 Å². The number of nitrogens with zero attached hydrogens (tertiary/aromatic N) is 2.